The molecule has 1 unspecified atom stereocenters. The standard InChI is InChI=1S/C23H32N6O.HI/c1-24-23(27-21-9-11-29(16-21)22(30)20-7-2-3-8-20)26-14-18-5-4-6-19(13-18)15-28-12-10-25-17-28;/h4-6,10,12-13,17,20-21H,2-3,7-9,11,14-16H2,1H3,(H2,24,26,27);1H. The number of likely N-dealkylation sites (tertiary alicyclic amines) is 1. The van der Waals surface area contributed by atoms with Gasteiger partial charge >= 0.3 is 0 Å². The zero-order chi connectivity index (χ0) is 20.8. The molecule has 0 bridgehead atoms. The van der Waals surface area contributed by atoms with E-state index in [0.29, 0.717) is 12.5 Å². The molecule has 1 amide bonds. The fourth-order valence-electron chi connectivity index (χ4n) is 4.51. The van der Waals surface area contributed by atoms with Gasteiger partial charge in [0.05, 0.1) is 6.33 Å². The number of carbonyl (C=O) groups excluding carboxylic acids is 1. The maximum Gasteiger partial charge on any atom is 0.225 e. The van der Waals surface area contributed by atoms with Crippen LogP contribution in [0.2, 0.25) is 0 Å². The number of aliphatic imine (C=N–C) groups is 1. The summed E-state index contributed by atoms with van der Waals surface area (Å²) < 4.78 is 2.06. The van der Waals surface area contributed by atoms with Crippen molar-refractivity contribution in [2.45, 2.75) is 51.2 Å². The van der Waals surface area contributed by atoms with Crippen LogP contribution < -0.4 is 10.6 Å². The van der Waals surface area contributed by atoms with E-state index in [2.05, 4.69) is 49.4 Å². The van der Waals surface area contributed by atoms with E-state index in [9.17, 15) is 4.79 Å². The average molecular weight is 536 g/mol. The summed E-state index contributed by atoms with van der Waals surface area (Å²) in [4.78, 5) is 23.2. The van der Waals surface area contributed by atoms with Crippen molar-refractivity contribution in [3.63, 3.8) is 0 Å². The maximum atomic E-state index is 12.7. The lowest BCUT2D eigenvalue weighted by atomic mass is 10.1. The molecule has 2 aliphatic rings. The van der Waals surface area contributed by atoms with Crippen molar-refractivity contribution in [1.82, 2.24) is 25.1 Å². The molecule has 2 aromatic rings. The number of rotatable bonds is 6. The number of imidazole rings is 1. The van der Waals surface area contributed by atoms with Crippen molar-refractivity contribution in [3.8, 4) is 0 Å². The summed E-state index contributed by atoms with van der Waals surface area (Å²) in [6, 6.07) is 8.80. The first-order valence-electron chi connectivity index (χ1n) is 11.0. The number of nitrogens with one attached hydrogen (secondary N) is 2. The first-order valence-corrected chi connectivity index (χ1v) is 11.0. The predicted molar refractivity (Wildman–Crippen MR) is 133 cm³/mol. The molecule has 1 atom stereocenters. The zero-order valence-corrected chi connectivity index (χ0v) is 20.5. The molecule has 2 heterocycles. The molecule has 1 aliphatic heterocycles. The van der Waals surface area contributed by atoms with Gasteiger partial charge in [-0.15, -0.1) is 24.0 Å². The Morgan fingerprint density at radius 2 is 2.03 bits per heavy atom. The van der Waals surface area contributed by atoms with Crippen LogP contribution in [0.25, 0.3) is 0 Å². The van der Waals surface area contributed by atoms with Crippen molar-refractivity contribution in [2.75, 3.05) is 20.1 Å². The Labute approximate surface area is 201 Å². The van der Waals surface area contributed by atoms with Crippen molar-refractivity contribution in [2.24, 2.45) is 10.9 Å². The number of halogens is 1. The lowest BCUT2D eigenvalue weighted by molar-refractivity contribution is -0.134. The number of nitrogens with zero attached hydrogens (tertiary/aromatic N) is 4. The number of aromatic nitrogens is 2. The van der Waals surface area contributed by atoms with Gasteiger partial charge in [0.2, 0.25) is 5.91 Å². The van der Waals surface area contributed by atoms with Crippen molar-refractivity contribution < 1.29 is 4.79 Å². The monoisotopic (exact) mass is 536 g/mol. The van der Waals surface area contributed by atoms with E-state index in [1.54, 1.807) is 13.2 Å². The van der Waals surface area contributed by atoms with Crippen LogP contribution in [0.1, 0.15) is 43.2 Å². The smallest absolute Gasteiger partial charge is 0.225 e. The number of hydrogen-bond donors (Lipinski definition) is 2. The zero-order valence-electron chi connectivity index (χ0n) is 18.2. The first-order chi connectivity index (χ1) is 14.7. The third-order valence-corrected chi connectivity index (χ3v) is 6.14. The van der Waals surface area contributed by atoms with Crippen LogP contribution in [-0.4, -0.2) is 52.5 Å². The number of carbonyl (C=O) groups is 1. The highest BCUT2D eigenvalue weighted by molar-refractivity contribution is 14.0. The fraction of sp³-hybridized carbons (Fsp3) is 0.522. The normalized spacial score (nSPS) is 19.3. The number of hydrogen-bond acceptors (Lipinski definition) is 3. The molecule has 1 aromatic heterocycles. The number of benzene rings is 1. The van der Waals surface area contributed by atoms with Crippen LogP contribution in [0, 0.1) is 5.92 Å². The molecule has 2 fully saturated rings. The van der Waals surface area contributed by atoms with Crippen molar-refractivity contribution >= 4 is 35.8 Å². The lowest BCUT2D eigenvalue weighted by Crippen LogP contribution is -2.45. The summed E-state index contributed by atoms with van der Waals surface area (Å²) >= 11 is 0. The van der Waals surface area contributed by atoms with E-state index < -0.39 is 0 Å². The maximum absolute atomic E-state index is 12.7. The fourth-order valence-corrected chi connectivity index (χ4v) is 4.51. The number of amides is 1. The van der Waals surface area contributed by atoms with E-state index in [-0.39, 0.29) is 35.9 Å². The Morgan fingerprint density at radius 3 is 2.77 bits per heavy atom. The molecular weight excluding hydrogens is 503 g/mol. The van der Waals surface area contributed by atoms with Gasteiger partial charge in [0.1, 0.15) is 0 Å². The third-order valence-electron chi connectivity index (χ3n) is 6.14. The molecule has 1 aliphatic carbocycles. The third kappa shape index (κ3) is 6.44. The van der Waals surface area contributed by atoms with Gasteiger partial charge in [-0.05, 0) is 30.4 Å². The van der Waals surface area contributed by atoms with Gasteiger partial charge in [-0.25, -0.2) is 4.98 Å². The van der Waals surface area contributed by atoms with E-state index in [1.165, 1.54) is 24.0 Å². The molecule has 31 heavy (non-hydrogen) atoms. The van der Waals surface area contributed by atoms with Gasteiger partial charge < -0.3 is 20.1 Å². The average Bonchev–Trinajstić information content (AvgIpc) is 3.54. The van der Waals surface area contributed by atoms with Gasteiger partial charge in [0, 0.05) is 57.6 Å². The molecule has 168 valence electrons. The quantitative estimate of drug-likeness (QED) is 0.338. The minimum Gasteiger partial charge on any atom is -0.352 e. The minimum atomic E-state index is 0. The van der Waals surface area contributed by atoms with Gasteiger partial charge in [-0.2, -0.15) is 0 Å². The van der Waals surface area contributed by atoms with Crippen LogP contribution in [0.5, 0.6) is 0 Å². The molecule has 1 aromatic carbocycles. The van der Waals surface area contributed by atoms with Crippen LogP contribution in [0.15, 0.2) is 48.0 Å². The van der Waals surface area contributed by atoms with E-state index in [1.807, 2.05) is 17.4 Å². The molecule has 7 nitrogen and oxygen atoms in total. The highest BCUT2D eigenvalue weighted by Gasteiger charge is 2.32. The van der Waals surface area contributed by atoms with Crippen LogP contribution in [0.4, 0.5) is 0 Å². The molecule has 1 saturated heterocycles. The van der Waals surface area contributed by atoms with Gasteiger partial charge in [0.25, 0.3) is 0 Å². The molecule has 2 N–H and O–H groups in total. The first kappa shape index (κ1) is 23.6. The molecule has 1 saturated carbocycles. The molecule has 0 radical (unpaired) electrons. The summed E-state index contributed by atoms with van der Waals surface area (Å²) in [7, 11) is 1.79. The highest BCUT2D eigenvalue weighted by atomic mass is 127. The van der Waals surface area contributed by atoms with Gasteiger partial charge in [0.15, 0.2) is 5.96 Å². The topological polar surface area (TPSA) is 74.6 Å². The van der Waals surface area contributed by atoms with Crippen LogP contribution in [0.3, 0.4) is 0 Å². The Hall–Kier alpha value is -2.10. The van der Waals surface area contributed by atoms with Gasteiger partial charge in [-0.3, -0.25) is 9.79 Å². The number of guanidine groups is 1. The lowest BCUT2D eigenvalue weighted by Gasteiger charge is -2.21. The van der Waals surface area contributed by atoms with Crippen LogP contribution in [-0.2, 0) is 17.9 Å². The molecular formula is C23H33IN6O. The van der Waals surface area contributed by atoms with Gasteiger partial charge in [-0.1, -0.05) is 37.1 Å². The summed E-state index contributed by atoms with van der Waals surface area (Å²) in [6.45, 7) is 3.14. The summed E-state index contributed by atoms with van der Waals surface area (Å²) in [5.41, 5.74) is 2.45. The second-order valence-corrected chi connectivity index (χ2v) is 8.38. The summed E-state index contributed by atoms with van der Waals surface area (Å²) in [5, 5.41) is 6.91. The van der Waals surface area contributed by atoms with Crippen molar-refractivity contribution in [3.05, 3.63) is 54.1 Å². The Balaban J connectivity index is 0.00000272. The van der Waals surface area contributed by atoms with E-state index in [4.69, 9.17) is 0 Å². The Kier molecular flexibility index (Phi) is 8.74. The molecule has 4 rings (SSSR count). The molecule has 8 heteroatoms. The summed E-state index contributed by atoms with van der Waals surface area (Å²) in [6.07, 6.45) is 11.1. The van der Waals surface area contributed by atoms with Crippen molar-refractivity contribution in [1.29, 1.82) is 0 Å². The SMILES string of the molecule is CN=C(NCc1cccc(Cn2ccnc2)c1)NC1CCN(C(=O)C2CCCC2)C1.I. The predicted octanol–water partition coefficient (Wildman–Crippen LogP) is 3.01. The summed E-state index contributed by atoms with van der Waals surface area (Å²) in [5.74, 6) is 1.40. The molecule has 0 spiro atoms. The largest absolute Gasteiger partial charge is 0.352 e. The Morgan fingerprint density at radius 1 is 1.23 bits per heavy atom. The second kappa shape index (κ2) is 11.5. The van der Waals surface area contributed by atoms with Crippen LogP contribution >= 0.6 is 24.0 Å². The second-order valence-electron chi connectivity index (χ2n) is 8.38. The van der Waals surface area contributed by atoms with E-state index >= 15 is 0 Å². The van der Waals surface area contributed by atoms with E-state index in [0.717, 1.165) is 44.9 Å². The highest BCUT2D eigenvalue weighted by Crippen LogP contribution is 2.27. The Bertz CT molecular complexity index is 863. The minimum absolute atomic E-state index is 0.